The first-order chi connectivity index (χ1) is 8.70. The molecule has 4 heteroatoms. The van der Waals surface area contributed by atoms with Crippen molar-refractivity contribution in [1.82, 2.24) is 5.32 Å². The van der Waals surface area contributed by atoms with E-state index in [4.69, 9.17) is 4.42 Å². The Morgan fingerprint density at radius 1 is 1.39 bits per heavy atom. The first-order valence-electron chi connectivity index (χ1n) is 5.83. The van der Waals surface area contributed by atoms with Crippen molar-refractivity contribution in [3.8, 4) is 0 Å². The maximum absolute atomic E-state index is 9.36. The van der Waals surface area contributed by atoms with Crippen molar-refractivity contribution in [3.63, 3.8) is 0 Å². The van der Waals surface area contributed by atoms with Gasteiger partial charge in [0.1, 0.15) is 5.76 Å². The summed E-state index contributed by atoms with van der Waals surface area (Å²) in [7, 11) is 0. The Labute approximate surface area is 115 Å². The van der Waals surface area contributed by atoms with Gasteiger partial charge in [0.25, 0.3) is 0 Å². The lowest BCUT2D eigenvalue weighted by atomic mass is 10.1. The number of rotatable bonds is 5. The molecule has 0 saturated carbocycles. The molecule has 18 heavy (non-hydrogen) atoms. The van der Waals surface area contributed by atoms with E-state index in [1.165, 1.54) is 5.56 Å². The number of aliphatic hydroxyl groups excluding tert-OH is 1. The SMILES string of the molecule is Cc1ccc(CNC(CO)c2ccco2)c(Br)c1. The minimum atomic E-state index is -0.173. The monoisotopic (exact) mass is 309 g/mol. The minimum Gasteiger partial charge on any atom is -0.468 e. The van der Waals surface area contributed by atoms with Gasteiger partial charge in [-0.05, 0) is 36.2 Å². The van der Waals surface area contributed by atoms with Gasteiger partial charge in [-0.1, -0.05) is 28.1 Å². The Hall–Kier alpha value is -1.10. The molecular formula is C14H16BrNO2. The number of aryl methyl sites for hydroxylation is 1. The minimum absolute atomic E-state index is 0.0109. The normalized spacial score (nSPS) is 12.6. The fourth-order valence-electron chi connectivity index (χ4n) is 1.77. The van der Waals surface area contributed by atoms with Crippen LogP contribution in [-0.4, -0.2) is 11.7 Å². The third kappa shape index (κ3) is 3.22. The number of benzene rings is 1. The molecule has 0 radical (unpaired) electrons. The Morgan fingerprint density at radius 2 is 2.22 bits per heavy atom. The number of aliphatic hydroxyl groups is 1. The van der Waals surface area contributed by atoms with Gasteiger partial charge in [-0.2, -0.15) is 0 Å². The summed E-state index contributed by atoms with van der Waals surface area (Å²) in [6.07, 6.45) is 1.61. The molecule has 2 N–H and O–H groups in total. The van der Waals surface area contributed by atoms with E-state index in [1.54, 1.807) is 6.26 Å². The summed E-state index contributed by atoms with van der Waals surface area (Å²) in [4.78, 5) is 0. The molecule has 0 aliphatic heterocycles. The van der Waals surface area contributed by atoms with Crippen LogP contribution in [0.25, 0.3) is 0 Å². The van der Waals surface area contributed by atoms with E-state index < -0.39 is 0 Å². The van der Waals surface area contributed by atoms with Crippen LogP contribution in [-0.2, 0) is 6.54 Å². The highest BCUT2D eigenvalue weighted by molar-refractivity contribution is 9.10. The average molecular weight is 310 g/mol. The molecule has 1 aromatic heterocycles. The molecule has 1 heterocycles. The Morgan fingerprint density at radius 3 is 2.83 bits per heavy atom. The lowest BCUT2D eigenvalue weighted by Gasteiger charge is -2.14. The number of nitrogens with one attached hydrogen (secondary N) is 1. The third-order valence-corrected chi connectivity index (χ3v) is 3.55. The van der Waals surface area contributed by atoms with Crippen molar-refractivity contribution in [2.45, 2.75) is 19.5 Å². The summed E-state index contributed by atoms with van der Waals surface area (Å²) in [6.45, 7) is 2.74. The molecule has 0 fully saturated rings. The van der Waals surface area contributed by atoms with Gasteiger partial charge < -0.3 is 14.8 Å². The van der Waals surface area contributed by atoms with Crippen LogP contribution in [0.3, 0.4) is 0 Å². The van der Waals surface area contributed by atoms with Gasteiger partial charge in [-0.15, -0.1) is 0 Å². The van der Waals surface area contributed by atoms with Crippen LogP contribution < -0.4 is 5.32 Å². The van der Waals surface area contributed by atoms with Crippen molar-refractivity contribution in [2.24, 2.45) is 0 Å². The summed E-state index contributed by atoms with van der Waals surface area (Å²) in [5.41, 5.74) is 2.38. The highest BCUT2D eigenvalue weighted by Crippen LogP contribution is 2.20. The fraction of sp³-hybridized carbons (Fsp3) is 0.286. The van der Waals surface area contributed by atoms with E-state index in [0.29, 0.717) is 6.54 Å². The van der Waals surface area contributed by atoms with E-state index in [-0.39, 0.29) is 12.6 Å². The van der Waals surface area contributed by atoms with Crippen molar-refractivity contribution < 1.29 is 9.52 Å². The van der Waals surface area contributed by atoms with Gasteiger partial charge >= 0.3 is 0 Å². The highest BCUT2D eigenvalue weighted by atomic mass is 79.9. The number of hydrogen-bond donors (Lipinski definition) is 2. The Bertz CT molecular complexity index is 497. The first-order valence-corrected chi connectivity index (χ1v) is 6.62. The Balaban J connectivity index is 2.02. The second-order valence-electron chi connectivity index (χ2n) is 4.23. The predicted molar refractivity (Wildman–Crippen MR) is 74.3 cm³/mol. The van der Waals surface area contributed by atoms with Crippen LogP contribution in [0.4, 0.5) is 0 Å². The zero-order chi connectivity index (χ0) is 13.0. The molecular weight excluding hydrogens is 294 g/mol. The highest BCUT2D eigenvalue weighted by Gasteiger charge is 2.12. The van der Waals surface area contributed by atoms with Crippen LogP contribution in [0.15, 0.2) is 45.5 Å². The van der Waals surface area contributed by atoms with Crippen molar-refractivity contribution >= 4 is 15.9 Å². The van der Waals surface area contributed by atoms with Crippen molar-refractivity contribution in [3.05, 3.63) is 58.0 Å². The molecule has 0 aliphatic carbocycles. The van der Waals surface area contributed by atoms with Crippen LogP contribution in [0, 0.1) is 6.92 Å². The smallest absolute Gasteiger partial charge is 0.123 e. The molecule has 1 atom stereocenters. The van der Waals surface area contributed by atoms with Crippen LogP contribution in [0.2, 0.25) is 0 Å². The van der Waals surface area contributed by atoms with Gasteiger partial charge in [-0.3, -0.25) is 0 Å². The zero-order valence-electron chi connectivity index (χ0n) is 10.2. The van der Waals surface area contributed by atoms with Crippen molar-refractivity contribution in [2.75, 3.05) is 6.61 Å². The van der Waals surface area contributed by atoms with Crippen LogP contribution >= 0.6 is 15.9 Å². The zero-order valence-corrected chi connectivity index (χ0v) is 11.8. The van der Waals surface area contributed by atoms with Crippen LogP contribution in [0.5, 0.6) is 0 Å². The topological polar surface area (TPSA) is 45.4 Å². The molecule has 0 bridgehead atoms. The molecule has 1 unspecified atom stereocenters. The summed E-state index contributed by atoms with van der Waals surface area (Å²) < 4.78 is 6.37. The third-order valence-electron chi connectivity index (χ3n) is 2.82. The predicted octanol–water partition coefficient (Wildman–Crippen LogP) is 3.17. The average Bonchev–Trinajstić information content (AvgIpc) is 2.86. The first kappa shape index (κ1) is 13.3. The van der Waals surface area contributed by atoms with Gasteiger partial charge in [-0.25, -0.2) is 0 Å². The number of halogens is 1. The van der Waals surface area contributed by atoms with E-state index in [9.17, 15) is 5.11 Å². The second kappa shape index (κ2) is 6.18. The molecule has 0 saturated heterocycles. The van der Waals surface area contributed by atoms with E-state index >= 15 is 0 Å². The standard InChI is InChI=1S/C14H16BrNO2/c1-10-4-5-11(12(15)7-10)8-16-13(9-17)14-3-2-6-18-14/h2-7,13,16-17H,8-9H2,1H3. The molecule has 0 spiro atoms. The molecule has 1 aromatic carbocycles. The largest absolute Gasteiger partial charge is 0.468 e. The van der Waals surface area contributed by atoms with Gasteiger partial charge in [0.05, 0.1) is 18.9 Å². The van der Waals surface area contributed by atoms with Gasteiger partial charge in [0, 0.05) is 11.0 Å². The maximum atomic E-state index is 9.36. The Kier molecular flexibility index (Phi) is 4.58. The summed E-state index contributed by atoms with van der Waals surface area (Å²) in [6, 6.07) is 9.73. The molecule has 2 rings (SSSR count). The second-order valence-corrected chi connectivity index (χ2v) is 5.08. The lowest BCUT2D eigenvalue weighted by Crippen LogP contribution is -2.23. The quantitative estimate of drug-likeness (QED) is 0.891. The van der Waals surface area contributed by atoms with Crippen LogP contribution in [0.1, 0.15) is 22.9 Å². The van der Waals surface area contributed by atoms with E-state index in [0.717, 1.165) is 15.8 Å². The number of furan rings is 1. The van der Waals surface area contributed by atoms with Gasteiger partial charge in [0.15, 0.2) is 0 Å². The molecule has 3 nitrogen and oxygen atoms in total. The molecule has 0 amide bonds. The van der Waals surface area contributed by atoms with E-state index in [2.05, 4.69) is 46.4 Å². The van der Waals surface area contributed by atoms with Gasteiger partial charge in [0.2, 0.25) is 0 Å². The lowest BCUT2D eigenvalue weighted by molar-refractivity contribution is 0.225. The molecule has 2 aromatic rings. The fourth-order valence-corrected chi connectivity index (χ4v) is 2.41. The maximum Gasteiger partial charge on any atom is 0.123 e. The van der Waals surface area contributed by atoms with Crippen molar-refractivity contribution in [1.29, 1.82) is 0 Å². The van der Waals surface area contributed by atoms with E-state index in [1.807, 2.05) is 12.1 Å². The summed E-state index contributed by atoms with van der Waals surface area (Å²) >= 11 is 3.54. The molecule has 96 valence electrons. The molecule has 0 aliphatic rings. The summed E-state index contributed by atoms with van der Waals surface area (Å²) in [5, 5.41) is 12.6. The summed E-state index contributed by atoms with van der Waals surface area (Å²) in [5.74, 6) is 0.751. The number of hydrogen-bond acceptors (Lipinski definition) is 3.